The highest BCUT2D eigenvalue weighted by Gasteiger charge is 2.03. The average molecular weight is 261 g/mol. The maximum Gasteiger partial charge on any atom is 0.149 e. The van der Waals surface area contributed by atoms with Crippen LogP contribution in [-0.4, -0.2) is 20.2 Å². The summed E-state index contributed by atoms with van der Waals surface area (Å²) in [6, 6.07) is 13.9. The largest absolute Gasteiger partial charge is 0.339 e. The van der Waals surface area contributed by atoms with Gasteiger partial charge in [0.15, 0.2) is 0 Å². The van der Waals surface area contributed by atoms with Crippen LogP contribution in [-0.2, 0) is 0 Å². The highest BCUT2D eigenvalue weighted by molar-refractivity contribution is 5.92. The monoisotopic (exact) mass is 261 g/mol. The Kier molecular flexibility index (Phi) is 2.35. The van der Waals surface area contributed by atoms with E-state index in [0.29, 0.717) is 0 Å². The van der Waals surface area contributed by atoms with Gasteiger partial charge in [-0.2, -0.15) is 5.10 Å². The zero-order chi connectivity index (χ0) is 13.4. The van der Waals surface area contributed by atoms with E-state index >= 15 is 0 Å². The fourth-order valence-electron chi connectivity index (χ4n) is 2.18. The fourth-order valence-corrected chi connectivity index (χ4v) is 2.18. The SMILES string of the molecule is c1ccc(Nc2cnc3cc4[nH]ncc4cc3n2)cc1. The first kappa shape index (κ1) is 10.9. The Balaban J connectivity index is 1.79. The quantitative estimate of drug-likeness (QED) is 0.581. The molecular weight excluding hydrogens is 250 g/mol. The van der Waals surface area contributed by atoms with Crippen molar-refractivity contribution in [1.82, 2.24) is 20.2 Å². The van der Waals surface area contributed by atoms with Gasteiger partial charge in [0.05, 0.1) is 28.9 Å². The van der Waals surface area contributed by atoms with Crippen LogP contribution in [0.5, 0.6) is 0 Å². The number of hydrogen-bond acceptors (Lipinski definition) is 4. The van der Waals surface area contributed by atoms with Gasteiger partial charge < -0.3 is 5.32 Å². The number of para-hydroxylation sites is 1. The maximum atomic E-state index is 4.58. The van der Waals surface area contributed by atoms with Crippen LogP contribution in [0.4, 0.5) is 11.5 Å². The molecule has 0 atom stereocenters. The van der Waals surface area contributed by atoms with Crippen molar-refractivity contribution >= 4 is 33.4 Å². The van der Waals surface area contributed by atoms with Gasteiger partial charge in [-0.05, 0) is 24.3 Å². The molecule has 2 aromatic heterocycles. The van der Waals surface area contributed by atoms with Crippen molar-refractivity contribution in [3.05, 3.63) is 54.9 Å². The van der Waals surface area contributed by atoms with E-state index in [9.17, 15) is 0 Å². The van der Waals surface area contributed by atoms with Crippen LogP contribution in [0.25, 0.3) is 21.9 Å². The molecule has 0 amide bonds. The van der Waals surface area contributed by atoms with E-state index in [-0.39, 0.29) is 0 Å². The van der Waals surface area contributed by atoms with Gasteiger partial charge in [-0.25, -0.2) is 4.98 Å². The summed E-state index contributed by atoms with van der Waals surface area (Å²) in [4.78, 5) is 9.02. The Morgan fingerprint density at radius 2 is 1.85 bits per heavy atom. The van der Waals surface area contributed by atoms with Crippen LogP contribution < -0.4 is 5.32 Å². The fraction of sp³-hybridized carbons (Fsp3) is 0. The second kappa shape index (κ2) is 4.31. The first-order valence-electron chi connectivity index (χ1n) is 6.30. The molecule has 0 spiro atoms. The zero-order valence-corrected chi connectivity index (χ0v) is 10.5. The normalized spacial score (nSPS) is 11.0. The second-order valence-corrected chi connectivity index (χ2v) is 4.54. The lowest BCUT2D eigenvalue weighted by Gasteiger charge is -2.05. The molecule has 0 fully saturated rings. The smallest absolute Gasteiger partial charge is 0.149 e. The number of fused-ring (bicyclic) bond motifs is 2. The topological polar surface area (TPSA) is 66.5 Å². The van der Waals surface area contributed by atoms with Crippen molar-refractivity contribution in [1.29, 1.82) is 0 Å². The molecule has 0 unspecified atom stereocenters. The third kappa shape index (κ3) is 1.85. The predicted molar refractivity (Wildman–Crippen MR) is 78.9 cm³/mol. The molecule has 96 valence electrons. The molecule has 0 radical (unpaired) electrons. The molecule has 0 bridgehead atoms. The van der Waals surface area contributed by atoms with Gasteiger partial charge in [0.1, 0.15) is 5.82 Å². The van der Waals surface area contributed by atoms with E-state index in [1.54, 1.807) is 12.4 Å². The van der Waals surface area contributed by atoms with Crippen LogP contribution in [0.3, 0.4) is 0 Å². The van der Waals surface area contributed by atoms with Crippen molar-refractivity contribution in [3.63, 3.8) is 0 Å². The number of benzene rings is 2. The number of nitrogens with zero attached hydrogens (tertiary/aromatic N) is 3. The summed E-state index contributed by atoms with van der Waals surface area (Å²) in [6.45, 7) is 0. The molecule has 20 heavy (non-hydrogen) atoms. The van der Waals surface area contributed by atoms with Crippen molar-refractivity contribution < 1.29 is 0 Å². The molecule has 0 aliphatic heterocycles. The van der Waals surface area contributed by atoms with Gasteiger partial charge in [0, 0.05) is 11.1 Å². The number of aromatic amines is 1. The standard InChI is InChI=1S/C15H11N5/c1-2-4-11(5-3-1)18-15-9-16-13-7-12-10(8-17-20-12)6-14(13)19-15/h1-9H,(H,17,20)(H,18,19). The molecule has 5 heteroatoms. The van der Waals surface area contributed by atoms with Gasteiger partial charge in [0.25, 0.3) is 0 Å². The Labute approximate surface area is 114 Å². The van der Waals surface area contributed by atoms with E-state index in [1.165, 1.54) is 0 Å². The molecule has 2 aromatic carbocycles. The number of hydrogen-bond donors (Lipinski definition) is 2. The van der Waals surface area contributed by atoms with Gasteiger partial charge in [-0.3, -0.25) is 10.1 Å². The van der Waals surface area contributed by atoms with Crippen LogP contribution in [0.1, 0.15) is 0 Å². The van der Waals surface area contributed by atoms with Gasteiger partial charge in [-0.1, -0.05) is 18.2 Å². The van der Waals surface area contributed by atoms with E-state index in [1.807, 2.05) is 42.5 Å². The highest BCUT2D eigenvalue weighted by atomic mass is 15.1. The third-order valence-electron chi connectivity index (χ3n) is 3.15. The lowest BCUT2D eigenvalue weighted by molar-refractivity contribution is 1.12. The number of aromatic nitrogens is 4. The minimum Gasteiger partial charge on any atom is -0.339 e. The van der Waals surface area contributed by atoms with Crippen LogP contribution in [0.15, 0.2) is 54.9 Å². The molecule has 0 aliphatic carbocycles. The molecule has 2 heterocycles. The summed E-state index contributed by atoms with van der Waals surface area (Å²) >= 11 is 0. The van der Waals surface area contributed by atoms with Crippen LogP contribution >= 0.6 is 0 Å². The Morgan fingerprint density at radius 1 is 0.950 bits per heavy atom. The van der Waals surface area contributed by atoms with E-state index in [4.69, 9.17) is 0 Å². The number of H-pyrrole nitrogens is 1. The number of nitrogens with one attached hydrogen (secondary N) is 2. The summed E-state index contributed by atoms with van der Waals surface area (Å²) in [5.74, 6) is 0.728. The van der Waals surface area contributed by atoms with E-state index in [0.717, 1.165) is 33.4 Å². The van der Waals surface area contributed by atoms with Crippen LogP contribution in [0.2, 0.25) is 0 Å². The van der Waals surface area contributed by atoms with E-state index < -0.39 is 0 Å². The third-order valence-corrected chi connectivity index (χ3v) is 3.15. The van der Waals surface area contributed by atoms with Crippen LogP contribution in [0, 0.1) is 0 Å². The molecule has 4 rings (SSSR count). The predicted octanol–water partition coefficient (Wildman–Crippen LogP) is 3.25. The lowest BCUT2D eigenvalue weighted by Crippen LogP contribution is -1.95. The van der Waals surface area contributed by atoms with Gasteiger partial charge >= 0.3 is 0 Å². The summed E-state index contributed by atoms with van der Waals surface area (Å²) in [5.41, 5.74) is 3.65. The molecule has 4 aromatic rings. The Morgan fingerprint density at radius 3 is 2.75 bits per heavy atom. The molecule has 5 nitrogen and oxygen atoms in total. The van der Waals surface area contributed by atoms with Crippen molar-refractivity contribution in [3.8, 4) is 0 Å². The first-order valence-corrected chi connectivity index (χ1v) is 6.30. The Hall–Kier alpha value is -2.95. The second-order valence-electron chi connectivity index (χ2n) is 4.54. The minimum absolute atomic E-state index is 0.728. The maximum absolute atomic E-state index is 4.58. The van der Waals surface area contributed by atoms with Crippen molar-refractivity contribution in [2.24, 2.45) is 0 Å². The van der Waals surface area contributed by atoms with Gasteiger partial charge in [-0.15, -0.1) is 0 Å². The zero-order valence-electron chi connectivity index (χ0n) is 10.5. The summed E-state index contributed by atoms with van der Waals surface area (Å²) in [7, 11) is 0. The van der Waals surface area contributed by atoms with Crippen molar-refractivity contribution in [2.45, 2.75) is 0 Å². The average Bonchev–Trinajstić information content (AvgIpc) is 2.93. The van der Waals surface area contributed by atoms with Crippen molar-refractivity contribution in [2.75, 3.05) is 5.32 Å². The van der Waals surface area contributed by atoms with Gasteiger partial charge in [0.2, 0.25) is 0 Å². The molecule has 0 saturated carbocycles. The Bertz CT molecular complexity index is 882. The summed E-state index contributed by atoms with van der Waals surface area (Å²) in [5, 5.41) is 11.2. The number of rotatable bonds is 2. The summed E-state index contributed by atoms with van der Waals surface area (Å²) < 4.78 is 0. The molecule has 0 aliphatic rings. The summed E-state index contributed by atoms with van der Waals surface area (Å²) in [6.07, 6.45) is 3.52. The number of anilines is 2. The first-order chi connectivity index (χ1) is 9.88. The lowest BCUT2D eigenvalue weighted by atomic mass is 10.2. The minimum atomic E-state index is 0.728. The molecule has 2 N–H and O–H groups in total. The van der Waals surface area contributed by atoms with E-state index in [2.05, 4.69) is 25.5 Å². The molecule has 0 saturated heterocycles. The highest BCUT2D eigenvalue weighted by Crippen LogP contribution is 2.20. The molecular formula is C15H11N5.